The SMILES string of the molecule is Cc1cccc(C)c1OCc1nnc(SCC(=O)N[C@H](C)c2cccs2)n1N. The van der Waals surface area contributed by atoms with Crippen LogP contribution in [0.3, 0.4) is 0 Å². The van der Waals surface area contributed by atoms with Crippen molar-refractivity contribution in [2.24, 2.45) is 0 Å². The molecule has 3 rings (SSSR count). The largest absolute Gasteiger partial charge is 0.485 e. The van der Waals surface area contributed by atoms with Crippen molar-refractivity contribution < 1.29 is 9.53 Å². The van der Waals surface area contributed by atoms with E-state index in [-0.39, 0.29) is 24.3 Å². The third-order valence-electron chi connectivity index (χ3n) is 4.17. The molecule has 3 aromatic rings. The maximum absolute atomic E-state index is 12.2. The van der Waals surface area contributed by atoms with Crippen LogP contribution in [0.1, 0.15) is 34.8 Å². The van der Waals surface area contributed by atoms with Crippen LogP contribution in [0, 0.1) is 13.8 Å². The lowest BCUT2D eigenvalue weighted by molar-refractivity contribution is -0.119. The fraction of sp³-hybridized carbons (Fsp3) is 0.316. The third-order valence-corrected chi connectivity index (χ3v) is 6.17. The summed E-state index contributed by atoms with van der Waals surface area (Å²) >= 11 is 2.86. The molecule has 2 heterocycles. The number of amides is 1. The van der Waals surface area contributed by atoms with Crippen LogP contribution in [-0.4, -0.2) is 26.5 Å². The number of nitrogens with zero attached hydrogens (tertiary/aromatic N) is 3. The first-order chi connectivity index (χ1) is 13.5. The average molecular weight is 418 g/mol. The first-order valence-electron chi connectivity index (χ1n) is 8.79. The highest BCUT2D eigenvalue weighted by Gasteiger charge is 2.15. The first kappa shape index (κ1) is 20.2. The molecule has 1 atom stereocenters. The zero-order valence-electron chi connectivity index (χ0n) is 16.0. The summed E-state index contributed by atoms with van der Waals surface area (Å²) in [5.41, 5.74) is 2.10. The number of aromatic nitrogens is 3. The number of carbonyl (C=O) groups is 1. The predicted molar refractivity (Wildman–Crippen MR) is 112 cm³/mol. The van der Waals surface area contributed by atoms with Crippen molar-refractivity contribution in [3.8, 4) is 5.75 Å². The number of benzene rings is 1. The maximum Gasteiger partial charge on any atom is 0.230 e. The number of thiophene rings is 1. The lowest BCUT2D eigenvalue weighted by Gasteiger charge is -2.12. The van der Waals surface area contributed by atoms with E-state index in [1.807, 2.05) is 56.5 Å². The summed E-state index contributed by atoms with van der Waals surface area (Å²) < 4.78 is 7.25. The normalized spacial score (nSPS) is 12.0. The van der Waals surface area contributed by atoms with Gasteiger partial charge in [-0.15, -0.1) is 21.5 Å². The number of carbonyl (C=O) groups excluding carboxylic acids is 1. The van der Waals surface area contributed by atoms with Gasteiger partial charge >= 0.3 is 0 Å². The Morgan fingerprint density at radius 1 is 1.29 bits per heavy atom. The number of rotatable bonds is 8. The molecule has 7 nitrogen and oxygen atoms in total. The zero-order valence-corrected chi connectivity index (χ0v) is 17.6. The molecular formula is C19H23N5O2S2. The second kappa shape index (κ2) is 9.11. The molecule has 0 bridgehead atoms. The van der Waals surface area contributed by atoms with Crippen molar-refractivity contribution in [2.45, 2.75) is 38.6 Å². The van der Waals surface area contributed by atoms with E-state index >= 15 is 0 Å². The summed E-state index contributed by atoms with van der Waals surface area (Å²) in [5, 5.41) is 13.6. The zero-order chi connectivity index (χ0) is 20.1. The third kappa shape index (κ3) is 4.85. The average Bonchev–Trinajstić information content (AvgIpc) is 3.30. The highest BCUT2D eigenvalue weighted by atomic mass is 32.2. The highest BCUT2D eigenvalue weighted by Crippen LogP contribution is 2.24. The van der Waals surface area contributed by atoms with Gasteiger partial charge in [-0.25, -0.2) is 4.68 Å². The molecule has 0 fully saturated rings. The Hall–Kier alpha value is -2.52. The lowest BCUT2D eigenvalue weighted by Crippen LogP contribution is -2.28. The molecule has 0 saturated carbocycles. The van der Waals surface area contributed by atoms with Gasteiger partial charge in [-0.2, -0.15) is 0 Å². The van der Waals surface area contributed by atoms with Crippen molar-refractivity contribution in [1.82, 2.24) is 20.2 Å². The number of nitrogens with one attached hydrogen (secondary N) is 1. The molecule has 0 radical (unpaired) electrons. The summed E-state index contributed by atoms with van der Waals surface area (Å²) in [7, 11) is 0. The van der Waals surface area contributed by atoms with Crippen LogP contribution in [0.4, 0.5) is 0 Å². The molecular weight excluding hydrogens is 394 g/mol. The minimum atomic E-state index is -0.0813. The summed E-state index contributed by atoms with van der Waals surface area (Å²) in [6.07, 6.45) is 0. The Morgan fingerprint density at radius 3 is 2.71 bits per heavy atom. The second-order valence-electron chi connectivity index (χ2n) is 6.37. The number of thioether (sulfide) groups is 1. The van der Waals surface area contributed by atoms with E-state index in [2.05, 4.69) is 15.5 Å². The van der Waals surface area contributed by atoms with Crippen molar-refractivity contribution in [2.75, 3.05) is 11.6 Å². The van der Waals surface area contributed by atoms with Gasteiger partial charge in [0.25, 0.3) is 0 Å². The fourth-order valence-corrected chi connectivity index (χ4v) is 4.11. The molecule has 3 N–H and O–H groups in total. The van der Waals surface area contributed by atoms with Crippen LogP contribution in [0.15, 0.2) is 40.9 Å². The Labute approximate surface area is 172 Å². The summed E-state index contributed by atoms with van der Waals surface area (Å²) in [5.74, 6) is 7.52. The Bertz CT molecular complexity index is 920. The number of nitrogens with two attached hydrogens (primary N) is 1. The lowest BCUT2D eigenvalue weighted by atomic mass is 10.1. The van der Waals surface area contributed by atoms with Crippen LogP contribution in [0.25, 0.3) is 0 Å². The van der Waals surface area contributed by atoms with Crippen molar-refractivity contribution in [3.05, 3.63) is 57.5 Å². The van der Waals surface area contributed by atoms with Crippen LogP contribution >= 0.6 is 23.1 Å². The Balaban J connectivity index is 1.53. The van der Waals surface area contributed by atoms with E-state index in [4.69, 9.17) is 10.6 Å². The van der Waals surface area contributed by atoms with Crippen molar-refractivity contribution in [3.63, 3.8) is 0 Å². The number of nitrogen functional groups attached to an aromatic ring is 1. The number of para-hydroxylation sites is 1. The van der Waals surface area contributed by atoms with Crippen molar-refractivity contribution in [1.29, 1.82) is 0 Å². The van der Waals surface area contributed by atoms with Gasteiger partial charge in [0.15, 0.2) is 5.82 Å². The highest BCUT2D eigenvalue weighted by molar-refractivity contribution is 7.99. The maximum atomic E-state index is 12.2. The number of hydrogen-bond acceptors (Lipinski definition) is 7. The van der Waals surface area contributed by atoms with Crippen LogP contribution in [-0.2, 0) is 11.4 Å². The van der Waals surface area contributed by atoms with E-state index < -0.39 is 0 Å². The van der Waals surface area contributed by atoms with Gasteiger partial charge in [-0.3, -0.25) is 4.79 Å². The van der Waals surface area contributed by atoms with E-state index in [0.29, 0.717) is 11.0 Å². The summed E-state index contributed by atoms with van der Waals surface area (Å²) in [4.78, 5) is 13.3. The van der Waals surface area contributed by atoms with Gasteiger partial charge in [0.2, 0.25) is 11.1 Å². The summed E-state index contributed by atoms with van der Waals surface area (Å²) in [6.45, 7) is 6.15. The standard InChI is InChI=1S/C19H23N5O2S2/c1-12-6-4-7-13(2)18(12)26-10-16-22-23-19(24(16)20)28-11-17(25)21-14(3)15-8-5-9-27-15/h4-9,14H,10-11,20H2,1-3H3,(H,21,25)/t14-/m1/s1. The van der Waals surface area contributed by atoms with E-state index in [1.54, 1.807) is 11.3 Å². The molecule has 0 aliphatic carbocycles. The molecule has 0 aliphatic rings. The molecule has 0 saturated heterocycles. The van der Waals surface area contributed by atoms with Gasteiger partial charge in [-0.05, 0) is 43.3 Å². The van der Waals surface area contributed by atoms with Crippen molar-refractivity contribution >= 4 is 29.0 Å². The Morgan fingerprint density at radius 2 is 2.04 bits per heavy atom. The molecule has 0 spiro atoms. The molecule has 28 heavy (non-hydrogen) atoms. The second-order valence-corrected chi connectivity index (χ2v) is 8.29. The molecule has 9 heteroatoms. The monoisotopic (exact) mass is 417 g/mol. The molecule has 0 aliphatic heterocycles. The number of hydrogen-bond donors (Lipinski definition) is 2. The smallest absolute Gasteiger partial charge is 0.230 e. The minimum absolute atomic E-state index is 0.0230. The van der Waals surface area contributed by atoms with E-state index in [1.165, 1.54) is 16.4 Å². The predicted octanol–water partition coefficient (Wildman–Crippen LogP) is 3.22. The minimum Gasteiger partial charge on any atom is -0.485 e. The van der Waals surface area contributed by atoms with Crippen LogP contribution in [0.2, 0.25) is 0 Å². The van der Waals surface area contributed by atoms with Gasteiger partial charge in [-0.1, -0.05) is 36.0 Å². The molecule has 0 unspecified atom stereocenters. The quantitative estimate of drug-likeness (QED) is 0.432. The first-order valence-corrected chi connectivity index (χ1v) is 10.7. The van der Waals surface area contributed by atoms with Gasteiger partial charge in [0, 0.05) is 4.88 Å². The van der Waals surface area contributed by atoms with E-state index in [9.17, 15) is 4.79 Å². The van der Waals surface area contributed by atoms with Gasteiger partial charge in [0.05, 0.1) is 11.8 Å². The van der Waals surface area contributed by atoms with Crippen LogP contribution in [0.5, 0.6) is 5.75 Å². The molecule has 148 valence electrons. The fourth-order valence-electron chi connectivity index (χ4n) is 2.69. The van der Waals surface area contributed by atoms with E-state index in [0.717, 1.165) is 21.8 Å². The Kier molecular flexibility index (Phi) is 6.58. The molecule has 1 amide bonds. The summed E-state index contributed by atoms with van der Waals surface area (Å²) in [6, 6.07) is 9.92. The number of aryl methyl sites for hydroxylation is 2. The van der Waals surface area contributed by atoms with Gasteiger partial charge in [0.1, 0.15) is 12.4 Å². The molecule has 2 aromatic heterocycles. The number of ether oxygens (including phenoxy) is 1. The van der Waals surface area contributed by atoms with Crippen LogP contribution < -0.4 is 15.9 Å². The molecule has 1 aromatic carbocycles. The van der Waals surface area contributed by atoms with Gasteiger partial charge < -0.3 is 15.9 Å². The topological polar surface area (TPSA) is 95.1 Å².